The lowest BCUT2D eigenvalue weighted by Gasteiger charge is -2.46. The van der Waals surface area contributed by atoms with E-state index in [1.165, 1.54) is 128 Å². The van der Waals surface area contributed by atoms with Crippen LogP contribution in [-0.2, 0) is 20.9 Å². The quantitative estimate of drug-likeness (QED) is 0.311. The molecule has 284 valence electrons. The number of rotatable bonds is 11. The van der Waals surface area contributed by atoms with Crippen molar-refractivity contribution < 1.29 is 40.0 Å². The second kappa shape index (κ2) is 22.3. The Morgan fingerprint density at radius 2 is 1.04 bits per heavy atom. The van der Waals surface area contributed by atoms with Gasteiger partial charge in [-0.05, 0) is 127 Å². The molecule has 1 atom stereocenters. The van der Waals surface area contributed by atoms with Crippen LogP contribution in [0.4, 0.5) is 4.79 Å². The number of carboxylic acid groups (broad SMARTS) is 2. The Kier molecular flexibility index (Phi) is 18.6. The highest BCUT2D eigenvalue weighted by atomic mass is 16.5. The lowest BCUT2D eigenvalue weighted by molar-refractivity contribution is -0.726. The maximum Gasteiger partial charge on any atom is 0.408 e. The number of carboxylic acids is 2. The van der Waals surface area contributed by atoms with Crippen LogP contribution >= 0.6 is 0 Å². The van der Waals surface area contributed by atoms with Gasteiger partial charge in [-0.2, -0.15) is 0 Å². The first-order valence-corrected chi connectivity index (χ1v) is 20.1. The predicted octanol–water partition coefficient (Wildman–Crippen LogP) is 4.41. The molecule has 5 rings (SSSR count). The smallest absolute Gasteiger partial charge is 0.408 e. The molecule has 4 saturated carbocycles. The van der Waals surface area contributed by atoms with Gasteiger partial charge >= 0.3 is 6.09 Å². The SMILES string of the molecule is C1CCC([NH2+]C2CCCCC2)CC1.C1CCC([NH2+]C2CCCCC2)CC1.CC(C)(C)[C@@](CCC(=O)[O-])(NC(=O)OCc1ccccc1)C(=O)[O-]. The van der Waals surface area contributed by atoms with Gasteiger partial charge in [-0.1, -0.05) is 76.8 Å². The molecule has 0 bridgehead atoms. The molecule has 9 nitrogen and oxygen atoms in total. The summed E-state index contributed by atoms with van der Waals surface area (Å²) in [7, 11) is 0. The number of carbonyl (C=O) groups is 3. The third-order valence-corrected chi connectivity index (χ3v) is 11.5. The summed E-state index contributed by atoms with van der Waals surface area (Å²) in [5.41, 5.74) is -2.18. The molecule has 50 heavy (non-hydrogen) atoms. The van der Waals surface area contributed by atoms with Crippen LogP contribution < -0.4 is 26.2 Å². The van der Waals surface area contributed by atoms with E-state index < -0.39 is 35.4 Å². The molecule has 0 heterocycles. The number of aliphatic carboxylic acids is 2. The highest BCUT2D eigenvalue weighted by Crippen LogP contribution is 2.34. The molecule has 1 aromatic carbocycles. The monoisotopic (exact) mass is 700 g/mol. The molecule has 9 heteroatoms. The molecule has 0 unspecified atom stereocenters. The maximum absolute atomic E-state index is 12.0. The first kappa shape index (κ1) is 41.8. The normalized spacial score (nSPS) is 20.9. The third-order valence-electron chi connectivity index (χ3n) is 11.5. The predicted molar refractivity (Wildman–Crippen MR) is 193 cm³/mol. The van der Waals surface area contributed by atoms with E-state index >= 15 is 0 Å². The van der Waals surface area contributed by atoms with Gasteiger partial charge in [0.15, 0.2) is 0 Å². The van der Waals surface area contributed by atoms with Gasteiger partial charge in [0.25, 0.3) is 0 Å². The number of benzene rings is 1. The first-order valence-electron chi connectivity index (χ1n) is 20.1. The van der Waals surface area contributed by atoms with Crippen molar-refractivity contribution in [2.24, 2.45) is 5.41 Å². The van der Waals surface area contributed by atoms with Crippen molar-refractivity contribution >= 4 is 18.0 Å². The van der Waals surface area contributed by atoms with Crippen molar-refractivity contribution in [1.29, 1.82) is 0 Å². The van der Waals surface area contributed by atoms with E-state index in [9.17, 15) is 24.6 Å². The van der Waals surface area contributed by atoms with Crippen LogP contribution in [0.25, 0.3) is 0 Å². The number of hydrogen-bond donors (Lipinski definition) is 3. The number of nitrogens with two attached hydrogens (primary N) is 2. The molecule has 0 aliphatic heterocycles. The van der Waals surface area contributed by atoms with Gasteiger partial charge in [0.05, 0.1) is 35.7 Å². The summed E-state index contributed by atoms with van der Waals surface area (Å²) in [6.45, 7) is 4.65. The van der Waals surface area contributed by atoms with Gasteiger partial charge in [0.1, 0.15) is 6.61 Å². The van der Waals surface area contributed by atoms with E-state index in [1.54, 1.807) is 45.0 Å². The summed E-state index contributed by atoms with van der Waals surface area (Å²) in [5, 5.41) is 30.1. The summed E-state index contributed by atoms with van der Waals surface area (Å²) in [6.07, 6.45) is 28.0. The maximum atomic E-state index is 12.0. The summed E-state index contributed by atoms with van der Waals surface area (Å²) in [6, 6.07) is 12.8. The molecule has 1 amide bonds. The number of alkyl carbamates (subject to hydrolysis) is 1. The lowest BCUT2D eigenvalue weighted by atomic mass is 9.71. The van der Waals surface area contributed by atoms with Crippen LogP contribution in [0.15, 0.2) is 30.3 Å². The Bertz CT molecular complexity index is 1040. The minimum absolute atomic E-state index is 0.0412. The van der Waals surface area contributed by atoms with Crippen molar-refractivity contribution in [2.75, 3.05) is 0 Å². The highest BCUT2D eigenvalue weighted by molar-refractivity contribution is 5.84. The van der Waals surface area contributed by atoms with Crippen molar-refractivity contribution in [2.45, 2.75) is 198 Å². The molecular formula is C41H69N3O6. The van der Waals surface area contributed by atoms with Crippen LogP contribution in [0.1, 0.15) is 168 Å². The van der Waals surface area contributed by atoms with E-state index in [2.05, 4.69) is 16.0 Å². The fourth-order valence-corrected chi connectivity index (χ4v) is 8.38. The zero-order valence-corrected chi connectivity index (χ0v) is 31.6. The second-order valence-corrected chi connectivity index (χ2v) is 16.5. The number of ether oxygens (including phenoxy) is 1. The Labute approximate surface area is 302 Å². The molecule has 0 radical (unpaired) electrons. The van der Waals surface area contributed by atoms with Crippen molar-refractivity contribution in [3.8, 4) is 0 Å². The molecular weight excluding hydrogens is 630 g/mol. The Hall–Kier alpha value is -2.65. The first-order chi connectivity index (χ1) is 24.0. The van der Waals surface area contributed by atoms with E-state index in [4.69, 9.17) is 4.74 Å². The molecule has 0 saturated heterocycles. The van der Waals surface area contributed by atoms with Crippen molar-refractivity contribution in [3.05, 3.63) is 35.9 Å². The topological polar surface area (TPSA) is 152 Å². The standard InChI is InChI=1S/C17H23NO6.2C12H23N/c1-16(2,3)17(14(21)22,10-9-13(19)20)18-15(23)24-11-12-7-5-4-6-8-12;2*1-3-7-11(8-4-1)13-12-9-5-2-6-10-12/h4-8H,9-11H2,1-3H3,(H,18,23)(H,19,20)(H,21,22);2*11-13H,1-10H2/t17-;;/m0../s1. The second-order valence-electron chi connectivity index (χ2n) is 16.5. The largest absolute Gasteiger partial charge is 0.550 e. The van der Waals surface area contributed by atoms with E-state index in [0.717, 1.165) is 29.7 Å². The van der Waals surface area contributed by atoms with Crippen molar-refractivity contribution in [1.82, 2.24) is 5.32 Å². The van der Waals surface area contributed by atoms with Crippen LogP contribution in [0.5, 0.6) is 0 Å². The lowest BCUT2D eigenvalue weighted by Crippen LogP contribution is -2.95. The molecule has 4 aliphatic carbocycles. The van der Waals surface area contributed by atoms with E-state index in [-0.39, 0.29) is 13.0 Å². The van der Waals surface area contributed by atoms with Gasteiger partial charge in [-0.3, -0.25) is 0 Å². The number of amides is 1. The van der Waals surface area contributed by atoms with Gasteiger partial charge in [0, 0.05) is 5.97 Å². The zero-order chi connectivity index (χ0) is 36.2. The highest BCUT2D eigenvalue weighted by Gasteiger charge is 2.45. The number of hydrogen-bond acceptors (Lipinski definition) is 6. The Morgan fingerprint density at radius 3 is 1.36 bits per heavy atom. The molecule has 4 fully saturated rings. The number of quaternary nitrogens is 2. The summed E-state index contributed by atoms with van der Waals surface area (Å²) in [5.74, 6) is -2.99. The molecule has 1 aromatic rings. The van der Waals surface area contributed by atoms with Crippen LogP contribution in [-0.4, -0.2) is 47.7 Å². The van der Waals surface area contributed by atoms with Gasteiger partial charge in [-0.15, -0.1) is 0 Å². The summed E-state index contributed by atoms with van der Waals surface area (Å²) < 4.78 is 5.03. The number of nitrogens with one attached hydrogen (secondary N) is 1. The molecule has 4 aliphatic rings. The third kappa shape index (κ3) is 15.3. The summed E-state index contributed by atoms with van der Waals surface area (Å²) >= 11 is 0. The number of carbonyl (C=O) groups excluding carboxylic acids is 3. The van der Waals surface area contributed by atoms with E-state index in [0.29, 0.717) is 0 Å². The van der Waals surface area contributed by atoms with Gasteiger partial charge in [0.2, 0.25) is 0 Å². The zero-order valence-electron chi connectivity index (χ0n) is 31.6. The van der Waals surface area contributed by atoms with Crippen LogP contribution in [0.2, 0.25) is 0 Å². The minimum atomic E-state index is -1.90. The van der Waals surface area contributed by atoms with Crippen LogP contribution in [0, 0.1) is 5.41 Å². The minimum Gasteiger partial charge on any atom is -0.550 e. The van der Waals surface area contributed by atoms with Crippen LogP contribution in [0.3, 0.4) is 0 Å². The van der Waals surface area contributed by atoms with E-state index in [1.807, 2.05) is 6.07 Å². The molecule has 0 aromatic heterocycles. The van der Waals surface area contributed by atoms with Gasteiger partial charge < -0.3 is 40.5 Å². The summed E-state index contributed by atoms with van der Waals surface area (Å²) in [4.78, 5) is 34.5. The average molecular weight is 700 g/mol. The molecule has 0 spiro atoms. The fourth-order valence-electron chi connectivity index (χ4n) is 8.38. The average Bonchev–Trinajstić information content (AvgIpc) is 3.11. The Morgan fingerprint density at radius 1 is 0.660 bits per heavy atom. The fraction of sp³-hybridized carbons (Fsp3) is 0.780. The van der Waals surface area contributed by atoms with Gasteiger partial charge in [-0.25, -0.2) is 4.79 Å². The van der Waals surface area contributed by atoms with Crippen molar-refractivity contribution in [3.63, 3.8) is 0 Å². The Balaban J connectivity index is 0.000000218. The molecule has 5 N–H and O–H groups in total.